The summed E-state index contributed by atoms with van der Waals surface area (Å²) in [6, 6.07) is 30.1. The van der Waals surface area contributed by atoms with E-state index in [4.69, 9.17) is 18.6 Å². The maximum atomic E-state index is 13.8. The van der Waals surface area contributed by atoms with Crippen LogP contribution in [0.15, 0.2) is 91.0 Å². The fourth-order valence-corrected chi connectivity index (χ4v) is 9.13. The largest absolute Gasteiger partial charge is 0.496 e. The second kappa shape index (κ2) is 18.7. The van der Waals surface area contributed by atoms with Gasteiger partial charge in [-0.2, -0.15) is 0 Å². The SMILES string of the molecule is COc1cc(Cc2c(-c3ccc(NC(=O)[C@H](CO[Si](C)(C)C(C)(C)C)NC(=O)OC(C)(C)C)cc3)sc3cc(OCc4ccccc4)ccc23)ccc1CN1CCCC1. The molecule has 1 atom stereocenters. The summed E-state index contributed by atoms with van der Waals surface area (Å²) in [6.45, 7) is 19.7. The van der Waals surface area contributed by atoms with Crippen molar-refractivity contribution < 1.29 is 28.2 Å². The van der Waals surface area contributed by atoms with Gasteiger partial charge in [-0.1, -0.05) is 75.4 Å². The van der Waals surface area contributed by atoms with Gasteiger partial charge in [0.2, 0.25) is 5.91 Å². The molecule has 2 amide bonds. The summed E-state index contributed by atoms with van der Waals surface area (Å²) in [4.78, 5) is 30.3. The monoisotopic (exact) mass is 835 g/mol. The molecule has 1 aliphatic heterocycles. The molecule has 4 aromatic carbocycles. The molecule has 2 N–H and O–H groups in total. The van der Waals surface area contributed by atoms with Gasteiger partial charge in [-0.3, -0.25) is 9.69 Å². The summed E-state index contributed by atoms with van der Waals surface area (Å²) in [5, 5.41) is 6.88. The van der Waals surface area contributed by atoms with Gasteiger partial charge in [-0.25, -0.2) is 4.79 Å². The van der Waals surface area contributed by atoms with Crippen molar-refractivity contribution in [2.24, 2.45) is 0 Å². The zero-order valence-corrected chi connectivity index (χ0v) is 38.0. The van der Waals surface area contributed by atoms with Crippen molar-refractivity contribution in [3.63, 3.8) is 0 Å². The summed E-state index contributed by atoms with van der Waals surface area (Å²) >= 11 is 1.73. The van der Waals surface area contributed by atoms with E-state index in [9.17, 15) is 9.59 Å². The molecule has 9 nitrogen and oxygen atoms in total. The molecule has 59 heavy (non-hydrogen) atoms. The molecule has 0 radical (unpaired) electrons. The molecule has 1 aliphatic rings. The smallest absolute Gasteiger partial charge is 0.408 e. The van der Waals surface area contributed by atoms with Crippen molar-refractivity contribution in [1.29, 1.82) is 0 Å². The van der Waals surface area contributed by atoms with Gasteiger partial charge in [0.15, 0.2) is 8.32 Å². The average molecular weight is 836 g/mol. The number of likely N-dealkylation sites (tertiary alicyclic amines) is 1. The number of methoxy groups -OCH3 is 1. The van der Waals surface area contributed by atoms with Crippen LogP contribution in [0.5, 0.6) is 11.5 Å². The standard InChI is InChI=1S/C48H61N3O6SSi/c1-47(2,3)57-46(53)50-41(32-56-59(8,9)48(4,5)6)45(52)49-37-21-19-35(20-22-37)44-40(27-34-17-18-36(42(28-34)54-7)30-51-25-13-14-26-51)39-24-23-38(29-43(39)58-44)55-31-33-15-11-10-12-16-33/h10-12,15-24,28-29,41H,13-14,25-27,30-32H2,1-9H3,(H,49,52)(H,50,53)/t41-/m0/s1. The Balaban J connectivity index is 1.27. The first-order valence-corrected chi connectivity index (χ1v) is 24.4. The lowest BCUT2D eigenvalue weighted by molar-refractivity contribution is -0.119. The van der Waals surface area contributed by atoms with Gasteiger partial charge in [-0.05, 0) is 135 Å². The second-order valence-electron chi connectivity index (χ2n) is 18.0. The number of anilines is 1. The molecule has 0 aliphatic carbocycles. The minimum atomic E-state index is -2.22. The highest BCUT2D eigenvalue weighted by atomic mass is 32.1. The fraction of sp³-hybridized carbons (Fsp3) is 0.417. The zero-order valence-electron chi connectivity index (χ0n) is 36.2. The topological polar surface area (TPSA) is 98.4 Å². The minimum Gasteiger partial charge on any atom is -0.496 e. The van der Waals surface area contributed by atoms with E-state index < -0.39 is 26.1 Å². The molecule has 0 bridgehead atoms. The number of amides is 2. The van der Waals surface area contributed by atoms with Crippen LogP contribution in [0.3, 0.4) is 0 Å². The van der Waals surface area contributed by atoms with E-state index in [-0.39, 0.29) is 17.6 Å². The number of nitrogens with one attached hydrogen (secondary N) is 2. The lowest BCUT2D eigenvalue weighted by Crippen LogP contribution is -2.51. The number of carbonyl (C=O) groups excluding carboxylic acids is 2. The van der Waals surface area contributed by atoms with Gasteiger partial charge < -0.3 is 29.3 Å². The van der Waals surface area contributed by atoms with Crippen molar-refractivity contribution in [3.05, 3.63) is 113 Å². The van der Waals surface area contributed by atoms with Crippen molar-refractivity contribution in [3.8, 4) is 21.9 Å². The van der Waals surface area contributed by atoms with E-state index in [0.29, 0.717) is 18.7 Å². The molecule has 2 heterocycles. The molecule has 6 rings (SSSR count). The first kappa shape index (κ1) is 43.9. The fourth-order valence-electron chi connectivity index (χ4n) is 6.86. The first-order chi connectivity index (χ1) is 28.0. The number of carbonyl (C=O) groups is 2. The molecule has 0 spiro atoms. The third-order valence-corrected chi connectivity index (χ3v) is 16.9. The van der Waals surface area contributed by atoms with Crippen LogP contribution in [0, 0.1) is 0 Å². The number of nitrogens with zero attached hydrogens (tertiary/aromatic N) is 1. The Kier molecular flexibility index (Phi) is 13.9. The van der Waals surface area contributed by atoms with Crippen LogP contribution < -0.4 is 20.1 Å². The molecule has 5 aromatic rings. The highest BCUT2D eigenvalue weighted by molar-refractivity contribution is 7.22. The Morgan fingerprint density at radius 3 is 2.24 bits per heavy atom. The Morgan fingerprint density at radius 1 is 0.864 bits per heavy atom. The van der Waals surface area contributed by atoms with Gasteiger partial charge in [0.25, 0.3) is 0 Å². The molecule has 0 unspecified atom stereocenters. The van der Waals surface area contributed by atoms with Crippen molar-refractivity contribution in [1.82, 2.24) is 10.2 Å². The minimum absolute atomic E-state index is 0.0336. The Morgan fingerprint density at radius 2 is 1.58 bits per heavy atom. The third-order valence-electron chi connectivity index (χ3n) is 11.2. The van der Waals surface area contributed by atoms with Crippen LogP contribution in [0.25, 0.3) is 20.5 Å². The Labute approximate surface area is 355 Å². The molecule has 11 heteroatoms. The van der Waals surface area contributed by atoms with Crippen LogP contribution in [-0.2, 0) is 33.5 Å². The third kappa shape index (κ3) is 11.7. The number of hydrogen-bond donors (Lipinski definition) is 2. The van der Waals surface area contributed by atoms with Gasteiger partial charge in [-0.15, -0.1) is 11.3 Å². The second-order valence-corrected chi connectivity index (χ2v) is 23.8. The molecular formula is C48H61N3O6SSi. The summed E-state index contributed by atoms with van der Waals surface area (Å²) in [7, 11) is -0.468. The van der Waals surface area contributed by atoms with Crippen LogP contribution in [0.2, 0.25) is 18.1 Å². The van der Waals surface area contributed by atoms with Crippen molar-refractivity contribution in [2.45, 2.75) is 104 Å². The van der Waals surface area contributed by atoms with Crippen LogP contribution >= 0.6 is 11.3 Å². The lowest BCUT2D eigenvalue weighted by Gasteiger charge is -2.37. The van der Waals surface area contributed by atoms with Gasteiger partial charge in [0.05, 0.1) is 13.7 Å². The molecular weight excluding hydrogens is 775 g/mol. The number of ether oxygens (including phenoxy) is 3. The highest BCUT2D eigenvalue weighted by Crippen LogP contribution is 2.42. The van der Waals surface area contributed by atoms with Crippen molar-refractivity contribution in [2.75, 3.05) is 32.1 Å². The molecule has 1 aromatic heterocycles. The van der Waals surface area contributed by atoms with Crippen LogP contribution in [-0.4, -0.2) is 63.7 Å². The quantitative estimate of drug-likeness (QED) is 0.101. The molecule has 1 saturated heterocycles. The number of rotatable bonds is 15. The van der Waals surface area contributed by atoms with E-state index in [2.05, 4.69) is 97.9 Å². The number of alkyl carbamates (subject to hydrolysis) is 1. The molecule has 314 valence electrons. The van der Waals surface area contributed by atoms with E-state index in [1.54, 1.807) is 39.2 Å². The maximum Gasteiger partial charge on any atom is 0.408 e. The van der Waals surface area contributed by atoms with Gasteiger partial charge in [0, 0.05) is 27.4 Å². The van der Waals surface area contributed by atoms with Crippen LogP contribution in [0.4, 0.5) is 10.5 Å². The van der Waals surface area contributed by atoms with Gasteiger partial charge >= 0.3 is 6.09 Å². The number of benzene rings is 4. The lowest BCUT2D eigenvalue weighted by atomic mass is 9.97. The molecule has 0 saturated carbocycles. The normalized spacial score (nSPS) is 14.3. The maximum absolute atomic E-state index is 13.8. The Hall–Kier alpha value is -4.68. The summed E-state index contributed by atoms with van der Waals surface area (Å²) in [6.07, 6.45) is 2.54. The summed E-state index contributed by atoms with van der Waals surface area (Å²) in [5.41, 5.74) is 5.64. The number of thiophene rings is 1. The predicted octanol–water partition coefficient (Wildman–Crippen LogP) is 11.2. The highest BCUT2D eigenvalue weighted by Gasteiger charge is 2.38. The van der Waals surface area contributed by atoms with Crippen molar-refractivity contribution >= 4 is 47.4 Å². The van der Waals surface area contributed by atoms with E-state index in [1.165, 1.54) is 34.9 Å². The average Bonchev–Trinajstić information content (AvgIpc) is 3.83. The van der Waals surface area contributed by atoms with E-state index >= 15 is 0 Å². The Bertz CT molecular complexity index is 2200. The zero-order chi connectivity index (χ0) is 42.4. The summed E-state index contributed by atoms with van der Waals surface area (Å²) < 4.78 is 25.2. The summed E-state index contributed by atoms with van der Waals surface area (Å²) in [5.74, 6) is 1.36. The van der Waals surface area contributed by atoms with Gasteiger partial charge in [0.1, 0.15) is 29.7 Å². The van der Waals surface area contributed by atoms with Crippen LogP contribution in [0.1, 0.15) is 76.6 Å². The number of hydrogen-bond acceptors (Lipinski definition) is 8. The van der Waals surface area contributed by atoms with E-state index in [1.807, 2.05) is 42.5 Å². The van der Waals surface area contributed by atoms with E-state index in [0.717, 1.165) is 51.8 Å². The first-order valence-electron chi connectivity index (χ1n) is 20.6. The predicted molar refractivity (Wildman–Crippen MR) is 243 cm³/mol. The molecule has 1 fully saturated rings. The number of fused-ring (bicyclic) bond motifs is 1.